The van der Waals surface area contributed by atoms with Crippen LogP contribution >= 0.6 is 0 Å². The van der Waals surface area contributed by atoms with E-state index in [1.54, 1.807) is 0 Å². The van der Waals surface area contributed by atoms with Gasteiger partial charge in [0.15, 0.2) is 0 Å². The summed E-state index contributed by atoms with van der Waals surface area (Å²) in [7, 11) is 0. The molecule has 1 aliphatic rings. The number of rotatable bonds is 6. The third kappa shape index (κ3) is 4.08. The third-order valence-electron chi connectivity index (χ3n) is 3.31. The molecule has 1 atom stereocenters. The van der Waals surface area contributed by atoms with E-state index in [1.807, 2.05) is 26.0 Å². The molecule has 0 heterocycles. The molecular formula is C16H24N2O. The minimum atomic E-state index is 0.193. The zero-order chi connectivity index (χ0) is 13.7. The smallest absolute Gasteiger partial charge is 0.120 e. The summed E-state index contributed by atoms with van der Waals surface area (Å²) in [6, 6.07) is 8.94. The Bertz CT molecular complexity index is 421. The van der Waals surface area contributed by atoms with E-state index in [-0.39, 0.29) is 12.1 Å². The molecule has 1 unspecified atom stereocenters. The minimum Gasteiger partial charge on any atom is -0.491 e. The van der Waals surface area contributed by atoms with E-state index in [1.165, 1.54) is 5.56 Å². The van der Waals surface area contributed by atoms with Gasteiger partial charge in [0.1, 0.15) is 5.75 Å². The van der Waals surface area contributed by atoms with Crippen molar-refractivity contribution >= 4 is 0 Å². The molecular weight excluding hydrogens is 236 g/mol. The Labute approximate surface area is 115 Å². The summed E-state index contributed by atoms with van der Waals surface area (Å²) in [4.78, 5) is 0. The predicted molar refractivity (Wildman–Crippen MR) is 79.3 cm³/mol. The quantitative estimate of drug-likeness (QED) is 0.773. The van der Waals surface area contributed by atoms with Gasteiger partial charge >= 0.3 is 0 Å². The molecule has 2 rings (SSSR count). The molecule has 3 nitrogen and oxygen atoms in total. The van der Waals surface area contributed by atoms with Gasteiger partial charge in [0.2, 0.25) is 0 Å². The summed E-state index contributed by atoms with van der Waals surface area (Å²) in [6.45, 7) is 4.67. The molecule has 0 saturated heterocycles. The van der Waals surface area contributed by atoms with Crippen LogP contribution in [0.3, 0.4) is 0 Å². The molecule has 3 heteroatoms. The summed E-state index contributed by atoms with van der Waals surface area (Å²) in [5.74, 6) is 0.914. The van der Waals surface area contributed by atoms with E-state index in [0.717, 1.165) is 18.6 Å². The van der Waals surface area contributed by atoms with E-state index < -0.39 is 0 Å². The van der Waals surface area contributed by atoms with Crippen LogP contribution in [0.15, 0.2) is 36.4 Å². The van der Waals surface area contributed by atoms with Gasteiger partial charge in [0.05, 0.1) is 6.10 Å². The van der Waals surface area contributed by atoms with Gasteiger partial charge in [-0.2, -0.15) is 0 Å². The molecule has 0 spiro atoms. The van der Waals surface area contributed by atoms with Crippen LogP contribution in [0.25, 0.3) is 0 Å². The maximum absolute atomic E-state index is 5.91. The van der Waals surface area contributed by atoms with Crippen LogP contribution < -0.4 is 15.8 Å². The SMILES string of the molecule is CC(C)Oc1cccc(C(CN)NC2CC=CC2)c1. The van der Waals surface area contributed by atoms with Crippen molar-refractivity contribution in [2.24, 2.45) is 5.73 Å². The second-order valence-electron chi connectivity index (χ2n) is 5.33. The normalized spacial score (nSPS) is 17.1. The first kappa shape index (κ1) is 14.1. The number of nitrogens with two attached hydrogens (primary N) is 1. The highest BCUT2D eigenvalue weighted by Crippen LogP contribution is 2.22. The third-order valence-corrected chi connectivity index (χ3v) is 3.31. The molecule has 0 saturated carbocycles. The van der Waals surface area contributed by atoms with Gasteiger partial charge in [-0.15, -0.1) is 0 Å². The van der Waals surface area contributed by atoms with Gasteiger partial charge in [-0.1, -0.05) is 24.3 Å². The highest BCUT2D eigenvalue weighted by molar-refractivity contribution is 5.31. The maximum atomic E-state index is 5.91. The first-order chi connectivity index (χ1) is 9.19. The molecule has 0 bridgehead atoms. The Balaban J connectivity index is 2.04. The minimum absolute atomic E-state index is 0.193. The zero-order valence-corrected chi connectivity index (χ0v) is 11.8. The van der Waals surface area contributed by atoms with E-state index >= 15 is 0 Å². The van der Waals surface area contributed by atoms with Gasteiger partial charge in [0, 0.05) is 18.6 Å². The molecule has 104 valence electrons. The summed E-state index contributed by atoms with van der Waals surface area (Å²) in [5.41, 5.74) is 7.11. The van der Waals surface area contributed by atoms with Crippen molar-refractivity contribution in [3.05, 3.63) is 42.0 Å². The Hall–Kier alpha value is -1.32. The van der Waals surface area contributed by atoms with Crippen LogP contribution in [0.5, 0.6) is 5.75 Å². The molecule has 1 aliphatic carbocycles. The summed E-state index contributed by atoms with van der Waals surface area (Å²) < 4.78 is 5.74. The van der Waals surface area contributed by atoms with Crippen LogP contribution in [-0.4, -0.2) is 18.7 Å². The Morgan fingerprint density at radius 1 is 1.32 bits per heavy atom. The van der Waals surface area contributed by atoms with Gasteiger partial charge < -0.3 is 15.8 Å². The average molecular weight is 260 g/mol. The van der Waals surface area contributed by atoms with Gasteiger partial charge in [-0.25, -0.2) is 0 Å². The second-order valence-corrected chi connectivity index (χ2v) is 5.33. The molecule has 0 fully saturated rings. The molecule has 1 aromatic carbocycles. The molecule has 0 aliphatic heterocycles. The molecule has 1 aromatic rings. The lowest BCUT2D eigenvalue weighted by Gasteiger charge is -2.22. The first-order valence-corrected chi connectivity index (χ1v) is 7.06. The van der Waals surface area contributed by atoms with Crippen LogP contribution in [0.4, 0.5) is 0 Å². The number of benzene rings is 1. The largest absolute Gasteiger partial charge is 0.491 e. The average Bonchev–Trinajstić information content (AvgIpc) is 2.88. The standard InChI is InChI=1S/C16H24N2O/c1-12(2)19-15-9-5-6-13(10-15)16(11-17)18-14-7-3-4-8-14/h3-6,9-10,12,14,16,18H,7-8,11,17H2,1-2H3. The van der Waals surface area contributed by atoms with Crippen molar-refractivity contribution in [1.82, 2.24) is 5.32 Å². The van der Waals surface area contributed by atoms with Crippen molar-refractivity contribution in [1.29, 1.82) is 0 Å². The van der Waals surface area contributed by atoms with E-state index in [0.29, 0.717) is 12.6 Å². The summed E-state index contributed by atoms with van der Waals surface area (Å²) in [6.07, 6.45) is 6.84. The molecule has 19 heavy (non-hydrogen) atoms. The lowest BCUT2D eigenvalue weighted by molar-refractivity contribution is 0.242. The van der Waals surface area contributed by atoms with Gasteiger partial charge in [-0.3, -0.25) is 0 Å². The van der Waals surface area contributed by atoms with Crippen molar-refractivity contribution in [3.8, 4) is 5.75 Å². The Kier molecular flexibility index (Phi) is 5.00. The molecule has 0 radical (unpaired) electrons. The number of hydrogen-bond donors (Lipinski definition) is 2. The highest BCUT2D eigenvalue weighted by atomic mass is 16.5. The van der Waals surface area contributed by atoms with Crippen molar-refractivity contribution in [2.45, 2.75) is 44.9 Å². The highest BCUT2D eigenvalue weighted by Gasteiger charge is 2.17. The molecule has 3 N–H and O–H groups in total. The Morgan fingerprint density at radius 2 is 2.05 bits per heavy atom. The zero-order valence-electron chi connectivity index (χ0n) is 11.8. The number of nitrogens with one attached hydrogen (secondary N) is 1. The van der Waals surface area contributed by atoms with Crippen molar-refractivity contribution < 1.29 is 4.74 Å². The molecule has 0 aromatic heterocycles. The summed E-state index contributed by atoms with van der Waals surface area (Å²) in [5, 5.41) is 3.62. The molecule has 0 amide bonds. The van der Waals surface area contributed by atoms with Crippen molar-refractivity contribution in [3.63, 3.8) is 0 Å². The summed E-state index contributed by atoms with van der Waals surface area (Å²) >= 11 is 0. The predicted octanol–water partition coefficient (Wildman–Crippen LogP) is 2.78. The van der Waals surface area contributed by atoms with Gasteiger partial charge in [0.25, 0.3) is 0 Å². The van der Waals surface area contributed by atoms with Gasteiger partial charge in [-0.05, 0) is 44.4 Å². The van der Waals surface area contributed by atoms with Crippen LogP contribution in [-0.2, 0) is 0 Å². The first-order valence-electron chi connectivity index (χ1n) is 7.06. The number of hydrogen-bond acceptors (Lipinski definition) is 3. The monoisotopic (exact) mass is 260 g/mol. The lowest BCUT2D eigenvalue weighted by Crippen LogP contribution is -2.35. The topological polar surface area (TPSA) is 47.3 Å². The fraction of sp³-hybridized carbons (Fsp3) is 0.500. The number of ether oxygens (including phenoxy) is 1. The van der Waals surface area contributed by atoms with E-state index in [4.69, 9.17) is 10.5 Å². The second kappa shape index (κ2) is 6.73. The van der Waals surface area contributed by atoms with E-state index in [2.05, 4.69) is 29.6 Å². The van der Waals surface area contributed by atoms with Crippen LogP contribution in [0, 0.1) is 0 Å². The van der Waals surface area contributed by atoms with Crippen LogP contribution in [0.1, 0.15) is 38.3 Å². The Morgan fingerprint density at radius 3 is 2.68 bits per heavy atom. The van der Waals surface area contributed by atoms with E-state index in [9.17, 15) is 0 Å². The fourth-order valence-electron chi connectivity index (χ4n) is 2.41. The van der Waals surface area contributed by atoms with Crippen LogP contribution in [0.2, 0.25) is 0 Å². The maximum Gasteiger partial charge on any atom is 0.120 e. The van der Waals surface area contributed by atoms with Crippen molar-refractivity contribution in [2.75, 3.05) is 6.54 Å². The fourth-order valence-corrected chi connectivity index (χ4v) is 2.41. The lowest BCUT2D eigenvalue weighted by atomic mass is 10.0.